The first-order chi connectivity index (χ1) is 9.27. The Morgan fingerprint density at radius 1 is 1.30 bits per heavy atom. The molecule has 2 N–H and O–H groups in total. The molecule has 0 spiro atoms. The van der Waals surface area contributed by atoms with Crippen molar-refractivity contribution in [2.45, 2.75) is 38.6 Å². The van der Waals surface area contributed by atoms with Crippen molar-refractivity contribution in [2.75, 3.05) is 0 Å². The van der Waals surface area contributed by atoms with Crippen LogP contribution in [-0.4, -0.2) is 4.98 Å². The van der Waals surface area contributed by atoms with Crippen molar-refractivity contribution >= 4 is 43.2 Å². The van der Waals surface area contributed by atoms with Gasteiger partial charge in [-0.3, -0.25) is 0 Å². The Labute approximate surface area is 141 Å². The SMILES string of the molecule is CC(C)(C)c1csc(CC(N)c2cc(Br)ccc2Br)n1. The highest BCUT2D eigenvalue weighted by molar-refractivity contribution is 9.11. The van der Waals surface area contributed by atoms with E-state index in [2.05, 4.69) is 64.1 Å². The molecule has 0 aliphatic heterocycles. The number of aromatic nitrogens is 1. The second kappa shape index (κ2) is 6.26. The van der Waals surface area contributed by atoms with Crippen LogP contribution in [0.15, 0.2) is 32.5 Å². The third-order valence-corrected chi connectivity index (χ3v) is 5.16. The molecule has 0 amide bonds. The fourth-order valence-corrected chi connectivity index (χ4v) is 3.85. The van der Waals surface area contributed by atoms with Gasteiger partial charge in [0, 0.05) is 32.2 Å². The molecule has 5 heteroatoms. The normalized spacial score (nSPS) is 13.5. The van der Waals surface area contributed by atoms with Crippen LogP contribution in [0.3, 0.4) is 0 Å². The van der Waals surface area contributed by atoms with Gasteiger partial charge in [0.15, 0.2) is 0 Å². The van der Waals surface area contributed by atoms with Gasteiger partial charge in [-0.2, -0.15) is 0 Å². The molecule has 1 aromatic carbocycles. The van der Waals surface area contributed by atoms with E-state index < -0.39 is 0 Å². The molecule has 108 valence electrons. The van der Waals surface area contributed by atoms with Crippen molar-refractivity contribution in [3.05, 3.63) is 48.8 Å². The van der Waals surface area contributed by atoms with Crippen LogP contribution in [-0.2, 0) is 11.8 Å². The molecule has 1 aromatic heterocycles. The summed E-state index contributed by atoms with van der Waals surface area (Å²) >= 11 is 8.75. The second-order valence-corrected chi connectivity index (χ2v) is 8.57. The molecule has 2 aromatic rings. The third-order valence-electron chi connectivity index (χ3n) is 3.07. The summed E-state index contributed by atoms with van der Waals surface area (Å²) in [6.45, 7) is 6.53. The van der Waals surface area contributed by atoms with Crippen LogP contribution < -0.4 is 5.73 Å². The van der Waals surface area contributed by atoms with Gasteiger partial charge in [0.1, 0.15) is 0 Å². The van der Waals surface area contributed by atoms with Gasteiger partial charge in [-0.05, 0) is 23.8 Å². The molecule has 2 nitrogen and oxygen atoms in total. The van der Waals surface area contributed by atoms with Gasteiger partial charge >= 0.3 is 0 Å². The summed E-state index contributed by atoms with van der Waals surface area (Å²) < 4.78 is 2.08. The monoisotopic (exact) mass is 416 g/mol. The molecule has 0 aliphatic rings. The lowest BCUT2D eigenvalue weighted by molar-refractivity contribution is 0.569. The van der Waals surface area contributed by atoms with E-state index in [1.807, 2.05) is 12.1 Å². The molecular weight excluding hydrogens is 400 g/mol. The van der Waals surface area contributed by atoms with Crippen molar-refractivity contribution in [3.63, 3.8) is 0 Å². The highest BCUT2D eigenvalue weighted by atomic mass is 79.9. The van der Waals surface area contributed by atoms with E-state index in [0.29, 0.717) is 0 Å². The molecule has 0 fully saturated rings. The summed E-state index contributed by atoms with van der Waals surface area (Å²) in [6, 6.07) is 6.02. The van der Waals surface area contributed by atoms with Crippen LogP contribution in [0.25, 0.3) is 0 Å². The molecule has 0 bridgehead atoms. The van der Waals surface area contributed by atoms with Crippen molar-refractivity contribution in [3.8, 4) is 0 Å². The molecule has 0 saturated carbocycles. The Morgan fingerprint density at radius 3 is 2.60 bits per heavy atom. The smallest absolute Gasteiger partial charge is 0.0947 e. The van der Waals surface area contributed by atoms with E-state index in [4.69, 9.17) is 10.7 Å². The lowest BCUT2D eigenvalue weighted by Crippen LogP contribution is -2.15. The molecule has 2 rings (SSSR count). The third kappa shape index (κ3) is 3.91. The molecule has 20 heavy (non-hydrogen) atoms. The predicted molar refractivity (Wildman–Crippen MR) is 93.3 cm³/mol. The van der Waals surface area contributed by atoms with Gasteiger partial charge in [-0.15, -0.1) is 11.3 Å². The highest BCUT2D eigenvalue weighted by Gasteiger charge is 2.19. The maximum absolute atomic E-state index is 6.33. The summed E-state index contributed by atoms with van der Waals surface area (Å²) in [7, 11) is 0. The number of hydrogen-bond acceptors (Lipinski definition) is 3. The van der Waals surface area contributed by atoms with Crippen molar-refractivity contribution in [1.82, 2.24) is 4.98 Å². The molecule has 0 aliphatic carbocycles. The second-order valence-electron chi connectivity index (χ2n) is 5.85. The average Bonchev–Trinajstić information content (AvgIpc) is 2.80. The summed E-state index contributed by atoms with van der Waals surface area (Å²) in [5.74, 6) is 0. The Bertz CT molecular complexity index is 602. The minimum absolute atomic E-state index is 0.0548. The van der Waals surface area contributed by atoms with Gasteiger partial charge in [0.05, 0.1) is 10.7 Å². The quantitative estimate of drug-likeness (QED) is 0.744. The van der Waals surface area contributed by atoms with Crippen molar-refractivity contribution < 1.29 is 0 Å². The minimum atomic E-state index is -0.0548. The Balaban J connectivity index is 2.17. The number of hydrogen-bond donors (Lipinski definition) is 1. The zero-order chi connectivity index (χ0) is 14.9. The van der Waals surface area contributed by atoms with E-state index >= 15 is 0 Å². The number of halogens is 2. The number of thiazole rings is 1. The zero-order valence-electron chi connectivity index (χ0n) is 11.8. The Kier molecular flexibility index (Phi) is 5.05. The zero-order valence-corrected chi connectivity index (χ0v) is 15.8. The van der Waals surface area contributed by atoms with E-state index in [-0.39, 0.29) is 11.5 Å². The van der Waals surface area contributed by atoms with Gasteiger partial charge in [-0.25, -0.2) is 4.98 Å². The van der Waals surface area contributed by atoms with E-state index in [1.54, 1.807) is 11.3 Å². The fourth-order valence-electron chi connectivity index (χ4n) is 1.85. The summed E-state index contributed by atoms with van der Waals surface area (Å²) in [6.07, 6.45) is 0.760. The van der Waals surface area contributed by atoms with Gasteiger partial charge < -0.3 is 5.73 Å². The van der Waals surface area contributed by atoms with E-state index in [1.165, 1.54) is 0 Å². The maximum atomic E-state index is 6.33. The molecular formula is C15H18Br2N2S. The number of benzene rings is 1. The first kappa shape index (κ1) is 16.1. The number of nitrogens with zero attached hydrogens (tertiary/aromatic N) is 1. The maximum Gasteiger partial charge on any atom is 0.0947 e. The molecule has 0 radical (unpaired) electrons. The lowest BCUT2D eigenvalue weighted by atomic mass is 9.93. The van der Waals surface area contributed by atoms with Gasteiger partial charge in [0.25, 0.3) is 0 Å². The van der Waals surface area contributed by atoms with Crippen molar-refractivity contribution in [2.24, 2.45) is 5.73 Å². The van der Waals surface area contributed by atoms with E-state index in [0.717, 1.165) is 31.6 Å². The molecule has 1 atom stereocenters. The molecule has 1 unspecified atom stereocenters. The van der Waals surface area contributed by atoms with Crippen LogP contribution in [0.5, 0.6) is 0 Å². The van der Waals surface area contributed by atoms with Crippen LogP contribution in [0.4, 0.5) is 0 Å². The van der Waals surface area contributed by atoms with E-state index in [9.17, 15) is 0 Å². The minimum Gasteiger partial charge on any atom is -0.324 e. The Hall–Kier alpha value is -0.230. The van der Waals surface area contributed by atoms with Gasteiger partial charge in [-0.1, -0.05) is 52.6 Å². The van der Waals surface area contributed by atoms with Crippen molar-refractivity contribution in [1.29, 1.82) is 0 Å². The lowest BCUT2D eigenvalue weighted by Gasteiger charge is -2.15. The first-order valence-corrected chi connectivity index (χ1v) is 8.89. The Morgan fingerprint density at radius 2 is 2.00 bits per heavy atom. The summed E-state index contributed by atoms with van der Waals surface area (Å²) in [5, 5.41) is 3.23. The largest absolute Gasteiger partial charge is 0.324 e. The predicted octanol–water partition coefficient (Wildman–Crippen LogP) is 5.21. The average molecular weight is 418 g/mol. The highest BCUT2D eigenvalue weighted by Crippen LogP contribution is 2.30. The topological polar surface area (TPSA) is 38.9 Å². The number of nitrogens with two attached hydrogens (primary N) is 1. The molecule has 0 saturated heterocycles. The summed E-state index contributed by atoms with van der Waals surface area (Å²) in [4.78, 5) is 4.71. The number of rotatable bonds is 3. The van der Waals surface area contributed by atoms with Gasteiger partial charge in [0.2, 0.25) is 0 Å². The summed E-state index contributed by atoms with van der Waals surface area (Å²) in [5.41, 5.74) is 8.66. The molecule has 1 heterocycles. The fraction of sp³-hybridized carbons (Fsp3) is 0.400. The first-order valence-electron chi connectivity index (χ1n) is 6.43. The van der Waals surface area contributed by atoms with Crippen LogP contribution in [0.2, 0.25) is 0 Å². The standard InChI is InChI=1S/C15H18Br2N2S/c1-15(2,3)13-8-20-14(19-13)7-12(18)10-6-9(16)4-5-11(10)17/h4-6,8,12H,7,18H2,1-3H3. The van der Waals surface area contributed by atoms with Crippen LogP contribution >= 0.6 is 43.2 Å². The van der Waals surface area contributed by atoms with Crippen LogP contribution in [0, 0.1) is 0 Å². The van der Waals surface area contributed by atoms with Crippen LogP contribution in [0.1, 0.15) is 43.1 Å².